The van der Waals surface area contributed by atoms with E-state index < -0.39 is 17.7 Å². The maximum absolute atomic E-state index is 11.8. The van der Waals surface area contributed by atoms with E-state index >= 15 is 0 Å². The van der Waals surface area contributed by atoms with E-state index in [1.54, 1.807) is 12.1 Å². The fourth-order valence-corrected chi connectivity index (χ4v) is 2.93. The summed E-state index contributed by atoms with van der Waals surface area (Å²) in [6, 6.07) is 5.40. The summed E-state index contributed by atoms with van der Waals surface area (Å²) < 4.78 is 11.7. The number of cyclic esters (lactones) is 2. The molecule has 6 heteroatoms. The zero-order valence-corrected chi connectivity index (χ0v) is 13.4. The van der Waals surface area contributed by atoms with Crippen molar-refractivity contribution in [1.29, 1.82) is 0 Å². The molecule has 0 saturated carbocycles. The van der Waals surface area contributed by atoms with Crippen molar-refractivity contribution >= 4 is 49.9 Å². The van der Waals surface area contributed by atoms with Crippen LogP contribution in [0.25, 0.3) is 6.08 Å². The Balaban J connectivity index is 2.38. The lowest BCUT2D eigenvalue weighted by Crippen LogP contribution is -2.41. The van der Waals surface area contributed by atoms with Crippen molar-refractivity contribution in [2.75, 3.05) is 0 Å². The summed E-state index contributed by atoms with van der Waals surface area (Å²) in [6.45, 7) is 3.02. The first kappa shape index (κ1) is 14.3. The van der Waals surface area contributed by atoms with E-state index in [-0.39, 0.29) is 5.57 Å². The second kappa shape index (κ2) is 5.09. The Morgan fingerprint density at radius 1 is 1.00 bits per heavy atom. The molecule has 19 heavy (non-hydrogen) atoms. The van der Waals surface area contributed by atoms with Gasteiger partial charge >= 0.3 is 11.9 Å². The van der Waals surface area contributed by atoms with Gasteiger partial charge in [0.05, 0.1) is 0 Å². The van der Waals surface area contributed by atoms with Crippen LogP contribution in [-0.4, -0.2) is 17.7 Å². The van der Waals surface area contributed by atoms with Crippen molar-refractivity contribution in [3.05, 3.63) is 38.3 Å². The number of halogens is 2. The van der Waals surface area contributed by atoms with Crippen LogP contribution in [0.5, 0.6) is 0 Å². The predicted octanol–water partition coefficient (Wildman–Crippen LogP) is 3.43. The Bertz CT molecular complexity index is 548. The van der Waals surface area contributed by atoms with Gasteiger partial charge in [0.1, 0.15) is 5.57 Å². The number of rotatable bonds is 1. The van der Waals surface area contributed by atoms with Crippen LogP contribution < -0.4 is 0 Å². The molecule has 1 aromatic rings. The molecule has 0 N–H and O–H groups in total. The molecule has 0 spiro atoms. The molecule has 1 aliphatic rings. The van der Waals surface area contributed by atoms with Gasteiger partial charge < -0.3 is 9.47 Å². The summed E-state index contributed by atoms with van der Waals surface area (Å²) in [4.78, 5) is 23.6. The standard InChI is InChI=1S/C13H10Br2O4/c1-13(2)18-11(16)10(12(17)19-13)5-7-3-8(14)6-9(15)4-7/h3-6H,1-2H3. The van der Waals surface area contributed by atoms with E-state index in [4.69, 9.17) is 9.47 Å². The van der Waals surface area contributed by atoms with Gasteiger partial charge in [-0.3, -0.25) is 0 Å². The number of benzene rings is 1. The number of hydrogen-bond donors (Lipinski definition) is 0. The third-order valence-corrected chi connectivity index (χ3v) is 3.23. The van der Waals surface area contributed by atoms with Crippen molar-refractivity contribution in [3.8, 4) is 0 Å². The van der Waals surface area contributed by atoms with Gasteiger partial charge in [-0.2, -0.15) is 0 Å². The van der Waals surface area contributed by atoms with E-state index in [0.29, 0.717) is 5.56 Å². The van der Waals surface area contributed by atoms with Gasteiger partial charge in [-0.25, -0.2) is 9.59 Å². The molecule has 0 atom stereocenters. The summed E-state index contributed by atoms with van der Waals surface area (Å²) in [5, 5.41) is 0. The fraction of sp³-hybridized carbons (Fsp3) is 0.231. The van der Waals surface area contributed by atoms with Gasteiger partial charge in [-0.1, -0.05) is 31.9 Å². The SMILES string of the molecule is CC1(C)OC(=O)C(=Cc2cc(Br)cc(Br)c2)C(=O)O1. The zero-order chi connectivity index (χ0) is 14.2. The Labute approximate surface area is 127 Å². The average Bonchev–Trinajstić information content (AvgIpc) is 2.20. The van der Waals surface area contributed by atoms with Crippen molar-refractivity contribution < 1.29 is 19.1 Å². The summed E-state index contributed by atoms with van der Waals surface area (Å²) in [5.41, 5.74) is 0.564. The first-order valence-corrected chi connectivity index (χ1v) is 7.00. The molecule has 0 unspecified atom stereocenters. The normalized spacial score (nSPS) is 17.8. The van der Waals surface area contributed by atoms with Crippen molar-refractivity contribution in [1.82, 2.24) is 0 Å². The molecule has 4 nitrogen and oxygen atoms in total. The Kier molecular flexibility index (Phi) is 3.82. The quantitative estimate of drug-likeness (QED) is 0.419. The van der Waals surface area contributed by atoms with Gasteiger partial charge in [0, 0.05) is 22.8 Å². The number of carbonyl (C=O) groups excluding carboxylic acids is 2. The van der Waals surface area contributed by atoms with E-state index in [1.165, 1.54) is 19.9 Å². The largest absolute Gasteiger partial charge is 0.419 e. The van der Waals surface area contributed by atoms with Crippen molar-refractivity contribution in [2.45, 2.75) is 19.6 Å². The molecule has 1 aliphatic heterocycles. The molecule has 1 heterocycles. The third kappa shape index (κ3) is 3.45. The maximum Gasteiger partial charge on any atom is 0.348 e. The minimum atomic E-state index is -1.22. The van der Waals surface area contributed by atoms with Gasteiger partial charge in [-0.15, -0.1) is 0 Å². The van der Waals surface area contributed by atoms with E-state index in [0.717, 1.165) is 8.95 Å². The fourth-order valence-electron chi connectivity index (χ4n) is 1.60. The molecule has 1 fully saturated rings. The zero-order valence-electron chi connectivity index (χ0n) is 10.2. The second-order valence-electron chi connectivity index (χ2n) is 4.44. The molecular weight excluding hydrogens is 380 g/mol. The minimum Gasteiger partial charge on any atom is -0.419 e. The lowest BCUT2D eigenvalue weighted by Gasteiger charge is -2.29. The lowest BCUT2D eigenvalue weighted by atomic mass is 10.1. The maximum atomic E-state index is 11.8. The van der Waals surface area contributed by atoms with Crippen LogP contribution >= 0.6 is 31.9 Å². The van der Waals surface area contributed by atoms with Crippen LogP contribution in [0, 0.1) is 0 Å². The van der Waals surface area contributed by atoms with Gasteiger partial charge in [0.2, 0.25) is 0 Å². The first-order chi connectivity index (χ1) is 8.77. The molecule has 1 saturated heterocycles. The van der Waals surface area contributed by atoms with E-state index in [9.17, 15) is 9.59 Å². The summed E-state index contributed by atoms with van der Waals surface area (Å²) in [7, 11) is 0. The molecule has 2 rings (SSSR count). The summed E-state index contributed by atoms with van der Waals surface area (Å²) in [5.74, 6) is -2.58. The topological polar surface area (TPSA) is 52.6 Å². The highest BCUT2D eigenvalue weighted by atomic mass is 79.9. The molecule has 0 amide bonds. The Morgan fingerprint density at radius 2 is 1.47 bits per heavy atom. The minimum absolute atomic E-state index is 0.121. The molecule has 100 valence electrons. The van der Waals surface area contributed by atoms with Crippen molar-refractivity contribution in [2.24, 2.45) is 0 Å². The van der Waals surface area contributed by atoms with Crippen LogP contribution in [0.2, 0.25) is 0 Å². The first-order valence-electron chi connectivity index (χ1n) is 5.41. The van der Waals surface area contributed by atoms with Crippen LogP contribution in [-0.2, 0) is 19.1 Å². The van der Waals surface area contributed by atoms with Crippen LogP contribution in [0.4, 0.5) is 0 Å². The molecule has 0 radical (unpaired) electrons. The molecule has 1 aromatic carbocycles. The highest BCUT2D eigenvalue weighted by molar-refractivity contribution is 9.11. The van der Waals surface area contributed by atoms with Gasteiger partial charge in [0.25, 0.3) is 5.79 Å². The molecule has 0 aliphatic carbocycles. The second-order valence-corrected chi connectivity index (χ2v) is 6.27. The Hall–Kier alpha value is -1.14. The number of carbonyl (C=O) groups is 2. The highest BCUT2D eigenvalue weighted by Gasteiger charge is 2.38. The van der Waals surface area contributed by atoms with Gasteiger partial charge in [0.15, 0.2) is 0 Å². The molecular formula is C13H10Br2O4. The van der Waals surface area contributed by atoms with Crippen molar-refractivity contribution in [3.63, 3.8) is 0 Å². The Morgan fingerprint density at radius 3 is 1.95 bits per heavy atom. The highest BCUT2D eigenvalue weighted by Crippen LogP contribution is 2.26. The monoisotopic (exact) mass is 388 g/mol. The molecule has 0 bridgehead atoms. The van der Waals surface area contributed by atoms with Crippen LogP contribution in [0.3, 0.4) is 0 Å². The number of esters is 2. The van der Waals surface area contributed by atoms with Crippen LogP contribution in [0.1, 0.15) is 19.4 Å². The third-order valence-electron chi connectivity index (χ3n) is 2.31. The smallest absolute Gasteiger partial charge is 0.348 e. The van der Waals surface area contributed by atoms with E-state index in [2.05, 4.69) is 31.9 Å². The molecule has 0 aromatic heterocycles. The van der Waals surface area contributed by atoms with Gasteiger partial charge in [-0.05, 0) is 29.8 Å². The lowest BCUT2D eigenvalue weighted by molar-refractivity contribution is -0.222. The summed E-state index contributed by atoms with van der Waals surface area (Å²) >= 11 is 6.67. The average molecular weight is 390 g/mol. The number of ether oxygens (including phenoxy) is 2. The van der Waals surface area contributed by atoms with E-state index in [1.807, 2.05) is 6.07 Å². The predicted molar refractivity (Wildman–Crippen MR) is 76.1 cm³/mol. The number of hydrogen-bond acceptors (Lipinski definition) is 4. The van der Waals surface area contributed by atoms with Crippen LogP contribution in [0.15, 0.2) is 32.7 Å². The summed E-state index contributed by atoms with van der Waals surface area (Å²) in [6.07, 6.45) is 1.44.